The van der Waals surface area contributed by atoms with Crippen molar-refractivity contribution in [2.45, 2.75) is 13.5 Å². The molecule has 23 heavy (non-hydrogen) atoms. The Kier molecular flexibility index (Phi) is 4.63. The van der Waals surface area contributed by atoms with Gasteiger partial charge in [0, 0.05) is 12.2 Å². The normalized spacial score (nSPS) is 10.3. The molecule has 2 heterocycles. The number of hydrogen-bond donors (Lipinski definition) is 2. The number of nitrogens with zero attached hydrogens (tertiary/aromatic N) is 2. The van der Waals surface area contributed by atoms with Crippen LogP contribution in [0, 0.1) is 6.92 Å². The van der Waals surface area contributed by atoms with Gasteiger partial charge >= 0.3 is 0 Å². The lowest BCUT2D eigenvalue weighted by molar-refractivity contribution is 0.102. The maximum Gasteiger partial charge on any atom is 0.278 e. The fourth-order valence-electron chi connectivity index (χ4n) is 2.10. The maximum absolute atomic E-state index is 12.4. The first-order chi connectivity index (χ1) is 11.2. The molecule has 1 aromatic carbocycles. The first kappa shape index (κ1) is 15.2. The number of anilines is 2. The van der Waals surface area contributed by atoms with Gasteiger partial charge in [-0.15, -0.1) is 11.3 Å². The third kappa shape index (κ3) is 3.92. The van der Waals surface area contributed by atoms with Gasteiger partial charge in [0.05, 0.1) is 5.51 Å². The lowest BCUT2D eigenvalue weighted by atomic mass is 10.2. The van der Waals surface area contributed by atoms with Crippen molar-refractivity contribution in [2.75, 3.05) is 10.6 Å². The largest absolute Gasteiger partial charge is 0.371 e. The predicted molar refractivity (Wildman–Crippen MR) is 92.8 cm³/mol. The highest BCUT2D eigenvalue weighted by Gasteiger charge is 2.15. The Morgan fingerprint density at radius 1 is 1.13 bits per heavy atom. The van der Waals surface area contributed by atoms with Gasteiger partial charge in [0.1, 0.15) is 10.8 Å². The Bertz CT molecular complexity index is 801. The summed E-state index contributed by atoms with van der Waals surface area (Å²) in [7, 11) is 0. The lowest BCUT2D eigenvalue weighted by Crippen LogP contribution is -2.15. The van der Waals surface area contributed by atoms with Gasteiger partial charge in [-0.05, 0) is 24.6 Å². The molecule has 3 rings (SSSR count). The van der Waals surface area contributed by atoms with Crippen LogP contribution in [0.3, 0.4) is 0 Å². The van der Waals surface area contributed by atoms with Gasteiger partial charge in [-0.1, -0.05) is 36.4 Å². The van der Waals surface area contributed by atoms with E-state index in [9.17, 15) is 4.79 Å². The van der Waals surface area contributed by atoms with Crippen molar-refractivity contribution in [1.82, 2.24) is 9.97 Å². The van der Waals surface area contributed by atoms with Crippen LogP contribution in [-0.4, -0.2) is 15.9 Å². The van der Waals surface area contributed by atoms with Gasteiger partial charge in [0.15, 0.2) is 5.69 Å². The summed E-state index contributed by atoms with van der Waals surface area (Å²) < 4.78 is 0. The Labute approximate surface area is 138 Å². The zero-order valence-electron chi connectivity index (χ0n) is 12.6. The van der Waals surface area contributed by atoms with Crippen molar-refractivity contribution in [2.24, 2.45) is 0 Å². The van der Waals surface area contributed by atoms with Crippen molar-refractivity contribution in [3.63, 3.8) is 0 Å². The highest BCUT2D eigenvalue weighted by atomic mass is 32.1. The number of aromatic nitrogens is 2. The minimum absolute atomic E-state index is 0.264. The van der Waals surface area contributed by atoms with Crippen LogP contribution in [0.2, 0.25) is 0 Å². The Hall–Kier alpha value is -2.73. The topological polar surface area (TPSA) is 66.9 Å². The van der Waals surface area contributed by atoms with Gasteiger partial charge in [0.2, 0.25) is 0 Å². The summed E-state index contributed by atoms with van der Waals surface area (Å²) in [6, 6.07) is 15.5. The maximum atomic E-state index is 12.4. The van der Waals surface area contributed by atoms with Crippen LogP contribution >= 0.6 is 11.3 Å². The number of carbonyl (C=O) groups excluding carboxylic acids is 1. The summed E-state index contributed by atoms with van der Waals surface area (Å²) in [5.74, 6) is 0.261. The van der Waals surface area contributed by atoms with E-state index >= 15 is 0 Å². The van der Waals surface area contributed by atoms with Crippen LogP contribution in [0.1, 0.15) is 21.7 Å². The molecule has 116 valence electrons. The third-order valence-electron chi connectivity index (χ3n) is 3.21. The van der Waals surface area contributed by atoms with Gasteiger partial charge in [-0.2, -0.15) is 0 Å². The standard InChI is InChI=1S/C17H16N4OS/c1-12-6-5-9-14(20-12)21-16(22)15-17(23-11-19-15)18-10-13-7-3-2-4-8-13/h2-9,11,18H,10H2,1H3,(H,20,21,22). The molecule has 0 unspecified atom stereocenters. The van der Waals surface area contributed by atoms with Crippen molar-refractivity contribution in [1.29, 1.82) is 0 Å². The van der Waals surface area contributed by atoms with E-state index in [1.165, 1.54) is 11.3 Å². The molecule has 0 atom stereocenters. The molecule has 0 aliphatic carbocycles. The minimum Gasteiger partial charge on any atom is -0.371 e. The smallest absolute Gasteiger partial charge is 0.278 e. The molecule has 0 saturated heterocycles. The van der Waals surface area contributed by atoms with E-state index in [1.54, 1.807) is 11.6 Å². The van der Waals surface area contributed by atoms with E-state index in [4.69, 9.17) is 0 Å². The number of nitrogens with one attached hydrogen (secondary N) is 2. The number of benzene rings is 1. The molecular weight excluding hydrogens is 308 g/mol. The first-order valence-corrected chi connectivity index (χ1v) is 8.06. The zero-order chi connectivity index (χ0) is 16.1. The third-order valence-corrected chi connectivity index (χ3v) is 3.99. The van der Waals surface area contributed by atoms with Crippen LogP contribution in [0.4, 0.5) is 10.8 Å². The van der Waals surface area contributed by atoms with Gasteiger partial charge < -0.3 is 10.6 Å². The molecular formula is C17H16N4OS. The lowest BCUT2D eigenvalue weighted by Gasteiger charge is -2.07. The number of pyridine rings is 1. The molecule has 5 nitrogen and oxygen atoms in total. The van der Waals surface area contributed by atoms with E-state index in [0.29, 0.717) is 18.1 Å². The Morgan fingerprint density at radius 2 is 1.96 bits per heavy atom. The van der Waals surface area contributed by atoms with Gasteiger partial charge in [-0.25, -0.2) is 9.97 Å². The molecule has 3 aromatic rings. The Balaban J connectivity index is 1.69. The molecule has 0 aliphatic heterocycles. The number of thiazole rings is 1. The SMILES string of the molecule is Cc1cccc(NC(=O)c2ncsc2NCc2ccccc2)n1. The average molecular weight is 324 g/mol. The molecule has 1 amide bonds. The highest BCUT2D eigenvalue weighted by Crippen LogP contribution is 2.22. The number of amides is 1. The average Bonchev–Trinajstić information content (AvgIpc) is 3.02. The molecule has 0 radical (unpaired) electrons. The van der Waals surface area contributed by atoms with Crippen molar-refractivity contribution in [3.05, 3.63) is 71.0 Å². The van der Waals surface area contributed by atoms with Crippen LogP contribution in [-0.2, 0) is 6.54 Å². The van der Waals surface area contributed by atoms with Gasteiger partial charge in [0.25, 0.3) is 5.91 Å². The molecule has 6 heteroatoms. The van der Waals surface area contributed by atoms with E-state index in [-0.39, 0.29) is 5.91 Å². The molecule has 2 N–H and O–H groups in total. The predicted octanol–water partition coefficient (Wildman–Crippen LogP) is 3.71. The van der Waals surface area contributed by atoms with E-state index < -0.39 is 0 Å². The summed E-state index contributed by atoms with van der Waals surface area (Å²) in [5, 5.41) is 6.79. The van der Waals surface area contributed by atoms with Crippen LogP contribution in [0.15, 0.2) is 54.0 Å². The second-order valence-electron chi connectivity index (χ2n) is 4.99. The van der Waals surface area contributed by atoms with Crippen LogP contribution in [0.5, 0.6) is 0 Å². The summed E-state index contributed by atoms with van der Waals surface area (Å²) in [4.78, 5) is 20.8. The zero-order valence-corrected chi connectivity index (χ0v) is 13.4. The van der Waals surface area contributed by atoms with Crippen LogP contribution < -0.4 is 10.6 Å². The first-order valence-electron chi connectivity index (χ1n) is 7.18. The molecule has 0 aliphatic rings. The van der Waals surface area contributed by atoms with E-state index in [1.807, 2.05) is 49.4 Å². The molecule has 0 spiro atoms. The quantitative estimate of drug-likeness (QED) is 0.751. The van der Waals surface area contributed by atoms with Gasteiger partial charge in [-0.3, -0.25) is 4.79 Å². The number of hydrogen-bond acceptors (Lipinski definition) is 5. The van der Waals surface area contributed by atoms with Crippen molar-refractivity contribution in [3.8, 4) is 0 Å². The minimum atomic E-state index is -0.264. The Morgan fingerprint density at radius 3 is 2.74 bits per heavy atom. The summed E-state index contributed by atoms with van der Waals surface area (Å²) in [6.07, 6.45) is 0. The summed E-state index contributed by atoms with van der Waals surface area (Å²) in [5.41, 5.74) is 4.04. The van der Waals surface area contributed by atoms with E-state index in [0.717, 1.165) is 16.3 Å². The molecule has 0 bridgehead atoms. The summed E-state index contributed by atoms with van der Waals surface area (Å²) in [6.45, 7) is 2.53. The number of carbonyl (C=O) groups is 1. The monoisotopic (exact) mass is 324 g/mol. The second kappa shape index (κ2) is 7.02. The van der Waals surface area contributed by atoms with Crippen LogP contribution in [0.25, 0.3) is 0 Å². The van der Waals surface area contributed by atoms with E-state index in [2.05, 4.69) is 20.6 Å². The molecule has 2 aromatic heterocycles. The fraction of sp³-hybridized carbons (Fsp3) is 0.118. The summed E-state index contributed by atoms with van der Waals surface area (Å²) >= 11 is 1.41. The number of aryl methyl sites for hydroxylation is 1. The van der Waals surface area contributed by atoms with Crippen molar-refractivity contribution >= 4 is 28.1 Å². The highest BCUT2D eigenvalue weighted by molar-refractivity contribution is 7.14. The fourth-order valence-corrected chi connectivity index (χ4v) is 2.78. The molecule has 0 saturated carbocycles. The van der Waals surface area contributed by atoms with Crippen molar-refractivity contribution < 1.29 is 4.79 Å². The number of rotatable bonds is 5. The second-order valence-corrected chi connectivity index (χ2v) is 5.84. The molecule has 0 fully saturated rings.